The van der Waals surface area contributed by atoms with E-state index >= 15 is 0 Å². The van der Waals surface area contributed by atoms with E-state index in [-0.39, 0.29) is 11.9 Å². The second-order valence-corrected chi connectivity index (χ2v) is 7.03. The van der Waals surface area contributed by atoms with E-state index in [1.165, 1.54) is 10.9 Å². The van der Waals surface area contributed by atoms with Crippen molar-refractivity contribution >= 4 is 38.9 Å². The molecule has 0 radical (unpaired) electrons. The van der Waals surface area contributed by atoms with Gasteiger partial charge in [0, 0.05) is 21.5 Å². The fraction of sp³-hybridized carbons (Fsp3) is 0.231. The normalized spacial score (nSPS) is 12.7. The third kappa shape index (κ3) is 3.54. The molecule has 18 heavy (non-hydrogen) atoms. The Kier molecular flexibility index (Phi) is 4.78. The summed E-state index contributed by atoms with van der Waals surface area (Å²) in [5.41, 5.74) is 6.55. The van der Waals surface area contributed by atoms with Crippen LogP contribution in [0.1, 0.15) is 10.4 Å². The molecule has 1 heterocycles. The molecule has 1 aromatic heterocycles. The molecule has 1 aromatic carbocycles. The zero-order valence-corrected chi connectivity index (χ0v) is 12.7. The lowest BCUT2D eigenvalue weighted by atomic mass is 10.0. The second kappa shape index (κ2) is 6.15. The van der Waals surface area contributed by atoms with Gasteiger partial charge in [-0.05, 0) is 53.0 Å². The van der Waals surface area contributed by atoms with Crippen LogP contribution < -0.4 is 5.73 Å². The lowest BCUT2D eigenvalue weighted by Gasteiger charge is -2.12. The molecule has 1 atom stereocenters. The molecule has 2 rings (SSSR count). The van der Waals surface area contributed by atoms with Crippen molar-refractivity contribution in [2.75, 3.05) is 0 Å². The van der Waals surface area contributed by atoms with Crippen LogP contribution in [0.3, 0.4) is 0 Å². The zero-order chi connectivity index (χ0) is 13.1. The number of nitrogens with two attached hydrogens (primary N) is 1. The van der Waals surface area contributed by atoms with Crippen molar-refractivity contribution in [1.29, 1.82) is 0 Å². The standard InChI is InChI=1S/C13H12BrClFNS/c14-13-5-4-9(18-13)6-8(17)7-10-11(15)2-1-3-12(10)16/h1-5,8H,6-7,17H2. The maximum atomic E-state index is 13.6. The van der Waals surface area contributed by atoms with Gasteiger partial charge in [0.05, 0.1) is 3.79 Å². The highest BCUT2D eigenvalue weighted by Gasteiger charge is 2.13. The molecule has 1 unspecified atom stereocenters. The van der Waals surface area contributed by atoms with Crippen LogP contribution in [0.2, 0.25) is 5.02 Å². The van der Waals surface area contributed by atoms with Crippen molar-refractivity contribution in [2.24, 2.45) is 5.73 Å². The highest BCUT2D eigenvalue weighted by atomic mass is 79.9. The van der Waals surface area contributed by atoms with Crippen molar-refractivity contribution < 1.29 is 4.39 Å². The fourth-order valence-electron chi connectivity index (χ4n) is 1.78. The number of thiophene rings is 1. The molecule has 0 saturated carbocycles. The average Bonchev–Trinajstić information content (AvgIpc) is 2.69. The van der Waals surface area contributed by atoms with E-state index < -0.39 is 0 Å². The van der Waals surface area contributed by atoms with Crippen LogP contribution in [0.5, 0.6) is 0 Å². The van der Waals surface area contributed by atoms with Gasteiger partial charge in [0.25, 0.3) is 0 Å². The van der Waals surface area contributed by atoms with Crippen molar-refractivity contribution in [3.05, 3.63) is 55.4 Å². The van der Waals surface area contributed by atoms with Gasteiger partial charge in [-0.1, -0.05) is 17.7 Å². The zero-order valence-electron chi connectivity index (χ0n) is 9.50. The summed E-state index contributed by atoms with van der Waals surface area (Å²) in [6, 6.07) is 8.58. The number of benzene rings is 1. The van der Waals surface area contributed by atoms with Crippen molar-refractivity contribution in [3.8, 4) is 0 Å². The Hall–Kier alpha value is -0.420. The smallest absolute Gasteiger partial charge is 0.127 e. The molecule has 2 aromatic rings. The maximum absolute atomic E-state index is 13.6. The van der Waals surface area contributed by atoms with Gasteiger partial charge in [0.1, 0.15) is 5.82 Å². The fourth-order valence-corrected chi connectivity index (χ4v) is 3.60. The van der Waals surface area contributed by atoms with Gasteiger partial charge < -0.3 is 5.73 Å². The van der Waals surface area contributed by atoms with Crippen LogP contribution in [0.25, 0.3) is 0 Å². The Morgan fingerprint density at radius 2 is 2.06 bits per heavy atom. The molecular formula is C13H12BrClFNS. The average molecular weight is 349 g/mol. The van der Waals surface area contributed by atoms with Crippen LogP contribution in [0.15, 0.2) is 34.1 Å². The molecule has 0 spiro atoms. The van der Waals surface area contributed by atoms with E-state index in [0.29, 0.717) is 17.0 Å². The van der Waals surface area contributed by atoms with Gasteiger partial charge in [-0.15, -0.1) is 11.3 Å². The Labute approximate surface area is 123 Å². The largest absolute Gasteiger partial charge is 0.327 e. The molecule has 0 fully saturated rings. The molecule has 96 valence electrons. The van der Waals surface area contributed by atoms with E-state index in [2.05, 4.69) is 15.9 Å². The summed E-state index contributed by atoms with van der Waals surface area (Å²) in [5, 5.41) is 0.442. The summed E-state index contributed by atoms with van der Waals surface area (Å²) in [7, 11) is 0. The minimum Gasteiger partial charge on any atom is -0.327 e. The van der Waals surface area contributed by atoms with Crippen molar-refractivity contribution in [1.82, 2.24) is 0 Å². The van der Waals surface area contributed by atoms with Crippen LogP contribution in [-0.4, -0.2) is 6.04 Å². The first kappa shape index (κ1) is 14.0. The molecular weight excluding hydrogens is 337 g/mol. The van der Waals surface area contributed by atoms with Gasteiger partial charge >= 0.3 is 0 Å². The third-order valence-electron chi connectivity index (χ3n) is 2.62. The predicted molar refractivity (Wildman–Crippen MR) is 78.8 cm³/mol. The van der Waals surface area contributed by atoms with E-state index in [1.807, 2.05) is 12.1 Å². The highest BCUT2D eigenvalue weighted by molar-refractivity contribution is 9.11. The van der Waals surface area contributed by atoms with Gasteiger partial charge in [-0.3, -0.25) is 0 Å². The maximum Gasteiger partial charge on any atom is 0.127 e. The number of rotatable bonds is 4. The summed E-state index contributed by atoms with van der Waals surface area (Å²) in [4.78, 5) is 1.18. The molecule has 2 N–H and O–H groups in total. The van der Waals surface area contributed by atoms with Crippen LogP contribution in [0.4, 0.5) is 4.39 Å². The summed E-state index contributed by atoms with van der Waals surface area (Å²) in [6.07, 6.45) is 1.17. The third-order valence-corrected chi connectivity index (χ3v) is 4.62. The number of halogens is 3. The van der Waals surface area contributed by atoms with Crippen LogP contribution in [0, 0.1) is 5.82 Å². The molecule has 5 heteroatoms. The Morgan fingerprint density at radius 1 is 1.28 bits per heavy atom. The Morgan fingerprint density at radius 3 is 2.67 bits per heavy atom. The number of hydrogen-bond acceptors (Lipinski definition) is 2. The first-order valence-corrected chi connectivity index (χ1v) is 7.47. The summed E-state index contributed by atoms with van der Waals surface area (Å²) in [6.45, 7) is 0. The summed E-state index contributed by atoms with van der Waals surface area (Å²) >= 11 is 11.0. The van der Waals surface area contributed by atoms with Crippen molar-refractivity contribution in [2.45, 2.75) is 18.9 Å². The predicted octanol–water partition coefficient (Wildman–Crippen LogP) is 4.42. The summed E-state index contributed by atoms with van der Waals surface area (Å²) < 4.78 is 14.7. The minimum absolute atomic E-state index is 0.134. The first-order valence-electron chi connectivity index (χ1n) is 5.49. The van der Waals surface area contributed by atoms with E-state index in [1.54, 1.807) is 23.5 Å². The lowest BCUT2D eigenvalue weighted by molar-refractivity contribution is 0.585. The lowest BCUT2D eigenvalue weighted by Crippen LogP contribution is -2.25. The topological polar surface area (TPSA) is 26.0 Å². The van der Waals surface area contributed by atoms with Gasteiger partial charge in [0.2, 0.25) is 0 Å². The molecule has 1 nitrogen and oxygen atoms in total. The van der Waals surface area contributed by atoms with Crippen molar-refractivity contribution in [3.63, 3.8) is 0 Å². The van der Waals surface area contributed by atoms with Crippen LogP contribution in [-0.2, 0) is 12.8 Å². The Bertz CT molecular complexity index is 523. The molecule has 0 saturated heterocycles. The summed E-state index contributed by atoms with van der Waals surface area (Å²) in [5.74, 6) is -0.287. The molecule has 0 aliphatic carbocycles. The number of hydrogen-bond donors (Lipinski definition) is 1. The second-order valence-electron chi connectivity index (χ2n) is 4.07. The highest BCUT2D eigenvalue weighted by Crippen LogP contribution is 2.25. The van der Waals surface area contributed by atoms with E-state index in [4.69, 9.17) is 17.3 Å². The van der Waals surface area contributed by atoms with Gasteiger partial charge in [-0.2, -0.15) is 0 Å². The molecule has 0 aliphatic rings. The SMILES string of the molecule is NC(Cc1ccc(Br)s1)Cc1c(F)cccc1Cl. The van der Waals surface area contributed by atoms with Gasteiger partial charge in [-0.25, -0.2) is 4.39 Å². The monoisotopic (exact) mass is 347 g/mol. The minimum atomic E-state index is -0.287. The Balaban J connectivity index is 2.05. The quantitative estimate of drug-likeness (QED) is 0.870. The van der Waals surface area contributed by atoms with Crippen LogP contribution >= 0.6 is 38.9 Å². The van der Waals surface area contributed by atoms with E-state index in [0.717, 1.165) is 10.2 Å². The molecule has 0 amide bonds. The molecule has 0 aliphatic heterocycles. The van der Waals surface area contributed by atoms with E-state index in [9.17, 15) is 4.39 Å². The van der Waals surface area contributed by atoms with Gasteiger partial charge in [0.15, 0.2) is 0 Å². The first-order chi connectivity index (χ1) is 8.56. The molecule has 0 bridgehead atoms.